The molecule has 0 amide bonds. The predicted molar refractivity (Wildman–Crippen MR) is 84.0 cm³/mol. The first-order chi connectivity index (χ1) is 9.40. The zero-order valence-electron chi connectivity index (χ0n) is 13.0. The highest BCUT2D eigenvalue weighted by molar-refractivity contribution is 5.28. The first-order valence-corrected chi connectivity index (χ1v) is 7.22. The monoisotopic (exact) mass is 271 g/mol. The molecule has 1 aromatic heterocycles. The van der Waals surface area contributed by atoms with Gasteiger partial charge >= 0.3 is 0 Å². The molecular formula is C17H25N3. The molecule has 3 nitrogen and oxygen atoms in total. The van der Waals surface area contributed by atoms with E-state index in [9.17, 15) is 0 Å². The number of aryl methyl sites for hydroxylation is 1. The summed E-state index contributed by atoms with van der Waals surface area (Å²) in [7, 11) is 0. The number of hydrogen-bond donors (Lipinski definition) is 1. The van der Waals surface area contributed by atoms with E-state index in [1.165, 1.54) is 11.1 Å². The van der Waals surface area contributed by atoms with Crippen molar-refractivity contribution < 1.29 is 0 Å². The average Bonchev–Trinajstić information content (AvgIpc) is 2.70. The van der Waals surface area contributed by atoms with E-state index in [0.717, 1.165) is 24.5 Å². The van der Waals surface area contributed by atoms with Crippen LogP contribution in [0.4, 0.5) is 0 Å². The number of rotatable bonds is 4. The molecule has 0 radical (unpaired) electrons. The van der Waals surface area contributed by atoms with E-state index in [4.69, 9.17) is 5.73 Å². The molecule has 3 heteroatoms. The van der Waals surface area contributed by atoms with E-state index < -0.39 is 0 Å². The van der Waals surface area contributed by atoms with Gasteiger partial charge in [0, 0.05) is 19.2 Å². The molecule has 108 valence electrons. The van der Waals surface area contributed by atoms with Gasteiger partial charge in [-0.15, -0.1) is 0 Å². The Kier molecular flexibility index (Phi) is 4.29. The Morgan fingerprint density at radius 1 is 1.15 bits per heavy atom. The smallest absolute Gasteiger partial charge is 0.106 e. The second kappa shape index (κ2) is 5.80. The fourth-order valence-corrected chi connectivity index (χ4v) is 2.31. The maximum Gasteiger partial charge on any atom is 0.106 e. The number of aromatic nitrogens is 2. The summed E-state index contributed by atoms with van der Waals surface area (Å²) in [6, 6.07) is 8.87. The van der Waals surface area contributed by atoms with Gasteiger partial charge in [0.2, 0.25) is 0 Å². The normalized spacial score (nSPS) is 11.8. The minimum Gasteiger partial charge on any atom is -0.330 e. The van der Waals surface area contributed by atoms with Crippen LogP contribution in [-0.4, -0.2) is 16.1 Å². The van der Waals surface area contributed by atoms with Gasteiger partial charge in [-0.1, -0.05) is 45.0 Å². The van der Waals surface area contributed by atoms with Gasteiger partial charge in [-0.25, -0.2) is 4.98 Å². The molecule has 2 aromatic rings. The standard InChI is InChI=1S/C17H25N3/c1-13-19-16(9-10-18)12-20(13)11-14-5-7-15(8-6-14)17(2,3)4/h5-8,12H,9-11,18H2,1-4H3. The third kappa shape index (κ3) is 3.48. The third-order valence-electron chi connectivity index (χ3n) is 3.60. The van der Waals surface area contributed by atoms with Crippen LogP contribution in [0.25, 0.3) is 0 Å². The Bertz CT molecular complexity index is 559. The van der Waals surface area contributed by atoms with E-state index in [1.807, 2.05) is 6.92 Å². The van der Waals surface area contributed by atoms with E-state index in [2.05, 4.69) is 60.8 Å². The van der Waals surface area contributed by atoms with E-state index in [0.29, 0.717) is 6.54 Å². The molecular weight excluding hydrogens is 246 g/mol. The molecule has 0 aliphatic heterocycles. The summed E-state index contributed by atoms with van der Waals surface area (Å²) in [4.78, 5) is 4.54. The van der Waals surface area contributed by atoms with Crippen molar-refractivity contribution in [3.63, 3.8) is 0 Å². The third-order valence-corrected chi connectivity index (χ3v) is 3.60. The average molecular weight is 271 g/mol. The molecule has 1 heterocycles. The highest BCUT2D eigenvalue weighted by Crippen LogP contribution is 2.22. The molecule has 2 rings (SSSR count). The van der Waals surface area contributed by atoms with Crippen molar-refractivity contribution in [3.8, 4) is 0 Å². The number of benzene rings is 1. The molecule has 0 fully saturated rings. The summed E-state index contributed by atoms with van der Waals surface area (Å²) in [5.41, 5.74) is 9.54. The second-order valence-electron chi connectivity index (χ2n) is 6.39. The zero-order valence-corrected chi connectivity index (χ0v) is 13.0. The Morgan fingerprint density at radius 3 is 2.35 bits per heavy atom. The molecule has 0 bridgehead atoms. The molecule has 2 N–H and O–H groups in total. The van der Waals surface area contributed by atoms with Crippen molar-refractivity contribution in [3.05, 3.63) is 53.1 Å². The van der Waals surface area contributed by atoms with Crippen LogP contribution in [0.5, 0.6) is 0 Å². The van der Waals surface area contributed by atoms with Crippen LogP contribution in [-0.2, 0) is 18.4 Å². The van der Waals surface area contributed by atoms with E-state index in [1.54, 1.807) is 0 Å². The number of imidazole rings is 1. The van der Waals surface area contributed by atoms with Gasteiger partial charge in [0.15, 0.2) is 0 Å². The molecule has 0 atom stereocenters. The minimum absolute atomic E-state index is 0.206. The van der Waals surface area contributed by atoms with Gasteiger partial charge in [0.25, 0.3) is 0 Å². The van der Waals surface area contributed by atoms with Crippen molar-refractivity contribution in [2.45, 2.75) is 46.1 Å². The fraction of sp³-hybridized carbons (Fsp3) is 0.471. The van der Waals surface area contributed by atoms with Gasteiger partial charge in [-0.2, -0.15) is 0 Å². The predicted octanol–water partition coefficient (Wildman–Crippen LogP) is 3.04. The Morgan fingerprint density at radius 2 is 1.80 bits per heavy atom. The summed E-state index contributed by atoms with van der Waals surface area (Å²) in [6.45, 7) is 10.3. The molecule has 0 aliphatic rings. The van der Waals surface area contributed by atoms with Gasteiger partial charge < -0.3 is 10.3 Å². The molecule has 0 saturated carbocycles. The molecule has 0 aliphatic carbocycles. The lowest BCUT2D eigenvalue weighted by atomic mass is 9.87. The first kappa shape index (κ1) is 14.8. The van der Waals surface area contributed by atoms with Crippen LogP contribution in [0.2, 0.25) is 0 Å². The van der Waals surface area contributed by atoms with Crippen molar-refractivity contribution >= 4 is 0 Å². The van der Waals surface area contributed by atoms with Crippen molar-refractivity contribution in [1.29, 1.82) is 0 Å². The summed E-state index contributed by atoms with van der Waals surface area (Å²) in [6.07, 6.45) is 2.96. The van der Waals surface area contributed by atoms with Crippen molar-refractivity contribution in [1.82, 2.24) is 9.55 Å². The molecule has 0 unspecified atom stereocenters. The largest absolute Gasteiger partial charge is 0.330 e. The maximum atomic E-state index is 5.58. The van der Waals surface area contributed by atoms with Crippen LogP contribution >= 0.6 is 0 Å². The zero-order chi connectivity index (χ0) is 14.8. The summed E-state index contributed by atoms with van der Waals surface area (Å²) >= 11 is 0. The highest BCUT2D eigenvalue weighted by Gasteiger charge is 2.13. The van der Waals surface area contributed by atoms with Gasteiger partial charge in [-0.05, 0) is 30.0 Å². The van der Waals surface area contributed by atoms with Crippen LogP contribution in [0.1, 0.15) is 43.4 Å². The Balaban J connectivity index is 2.14. The second-order valence-corrected chi connectivity index (χ2v) is 6.39. The quantitative estimate of drug-likeness (QED) is 0.929. The lowest BCUT2D eigenvalue weighted by Crippen LogP contribution is -2.11. The maximum absolute atomic E-state index is 5.58. The van der Waals surface area contributed by atoms with Gasteiger partial charge in [-0.3, -0.25) is 0 Å². The lowest BCUT2D eigenvalue weighted by Gasteiger charge is -2.19. The van der Waals surface area contributed by atoms with Gasteiger partial charge in [0.05, 0.1) is 5.69 Å². The number of nitrogens with two attached hydrogens (primary N) is 1. The van der Waals surface area contributed by atoms with Crippen LogP contribution in [0.3, 0.4) is 0 Å². The van der Waals surface area contributed by atoms with Crippen LogP contribution in [0, 0.1) is 6.92 Å². The Hall–Kier alpha value is -1.61. The topological polar surface area (TPSA) is 43.8 Å². The highest BCUT2D eigenvalue weighted by atomic mass is 15.1. The number of hydrogen-bond acceptors (Lipinski definition) is 2. The van der Waals surface area contributed by atoms with E-state index >= 15 is 0 Å². The molecule has 0 spiro atoms. The lowest BCUT2D eigenvalue weighted by molar-refractivity contribution is 0.589. The van der Waals surface area contributed by atoms with Crippen molar-refractivity contribution in [2.75, 3.05) is 6.54 Å². The van der Waals surface area contributed by atoms with Crippen LogP contribution < -0.4 is 5.73 Å². The Labute approximate surface area is 121 Å². The van der Waals surface area contributed by atoms with Crippen molar-refractivity contribution in [2.24, 2.45) is 5.73 Å². The summed E-state index contributed by atoms with van der Waals surface area (Å²) < 4.78 is 2.19. The summed E-state index contributed by atoms with van der Waals surface area (Å²) in [5.74, 6) is 1.05. The van der Waals surface area contributed by atoms with E-state index in [-0.39, 0.29) is 5.41 Å². The molecule has 1 aromatic carbocycles. The number of nitrogens with zero attached hydrogens (tertiary/aromatic N) is 2. The first-order valence-electron chi connectivity index (χ1n) is 7.22. The SMILES string of the molecule is Cc1nc(CCN)cn1Cc1ccc(C(C)(C)C)cc1. The van der Waals surface area contributed by atoms with Gasteiger partial charge in [0.1, 0.15) is 5.82 Å². The minimum atomic E-state index is 0.206. The molecule has 0 saturated heterocycles. The fourth-order valence-electron chi connectivity index (χ4n) is 2.31. The summed E-state index contributed by atoms with van der Waals surface area (Å²) in [5, 5.41) is 0. The molecule has 20 heavy (non-hydrogen) atoms. The van der Waals surface area contributed by atoms with Crippen LogP contribution in [0.15, 0.2) is 30.5 Å².